The average Bonchev–Trinajstić information content (AvgIpc) is 3.11. The molecule has 1 aromatic heterocycles. The second kappa shape index (κ2) is 9.96. The van der Waals surface area contributed by atoms with Crippen molar-refractivity contribution in [2.75, 3.05) is 23.3 Å². The largest absolute Gasteiger partial charge is 0.481 e. The van der Waals surface area contributed by atoms with E-state index in [4.69, 9.17) is 9.84 Å². The van der Waals surface area contributed by atoms with E-state index in [9.17, 15) is 19.6 Å². The Kier molecular flexibility index (Phi) is 7.10. The number of aryl methyl sites for hydroxylation is 1. The minimum Gasteiger partial charge on any atom is -0.481 e. The fourth-order valence-corrected chi connectivity index (χ4v) is 3.57. The Morgan fingerprint density at radius 1 is 1.28 bits per heavy atom. The second-order valence-electron chi connectivity index (χ2n) is 7.64. The summed E-state index contributed by atoms with van der Waals surface area (Å²) < 4.78 is 6.97. The molecule has 0 saturated carbocycles. The van der Waals surface area contributed by atoms with Crippen LogP contribution in [-0.4, -0.2) is 51.9 Å². The number of carboxylic acids is 1. The molecule has 1 aliphatic heterocycles. The van der Waals surface area contributed by atoms with Gasteiger partial charge in [0.05, 0.1) is 35.9 Å². The van der Waals surface area contributed by atoms with Gasteiger partial charge in [-0.2, -0.15) is 10.4 Å². The molecule has 2 heterocycles. The normalized spacial score (nSPS) is 14.0. The molecule has 0 unspecified atom stereocenters. The summed E-state index contributed by atoms with van der Waals surface area (Å²) in [6.45, 7) is 2.98. The van der Waals surface area contributed by atoms with Crippen molar-refractivity contribution in [3.8, 4) is 6.07 Å². The van der Waals surface area contributed by atoms with Crippen molar-refractivity contribution in [1.82, 2.24) is 9.78 Å². The Morgan fingerprint density at radius 3 is 2.59 bits per heavy atom. The van der Waals surface area contributed by atoms with Gasteiger partial charge in [-0.1, -0.05) is 0 Å². The molecule has 1 fully saturated rings. The molecule has 0 radical (unpaired) electrons. The van der Waals surface area contributed by atoms with Crippen molar-refractivity contribution in [3.63, 3.8) is 0 Å². The molecule has 1 saturated heterocycles. The van der Waals surface area contributed by atoms with E-state index < -0.39 is 11.9 Å². The smallest absolute Gasteiger partial charge is 0.306 e. The molecule has 32 heavy (non-hydrogen) atoms. The number of aliphatic carboxylic acids is 1. The van der Waals surface area contributed by atoms with E-state index >= 15 is 0 Å². The number of nitriles is 1. The minimum absolute atomic E-state index is 0.139. The number of carbonyl (C=O) groups excluding carboxylic acids is 2. The number of aromatic nitrogens is 2. The highest BCUT2D eigenvalue weighted by atomic mass is 16.5. The summed E-state index contributed by atoms with van der Waals surface area (Å²) in [5.74, 6) is -1.83. The highest BCUT2D eigenvalue weighted by Crippen LogP contribution is 2.28. The van der Waals surface area contributed by atoms with Gasteiger partial charge in [-0.15, -0.1) is 0 Å². The zero-order chi connectivity index (χ0) is 23.3. The Balaban J connectivity index is 1.60. The predicted molar refractivity (Wildman–Crippen MR) is 115 cm³/mol. The van der Waals surface area contributed by atoms with Crippen LogP contribution in [0.1, 0.15) is 47.3 Å². The van der Waals surface area contributed by atoms with Gasteiger partial charge in [0.1, 0.15) is 12.2 Å². The number of rotatable bonds is 7. The average molecular weight is 439 g/mol. The standard InChI is InChI=1S/C22H25N5O5/c1-14-18(13-24-26(14)2)22(31)25-16-3-4-19(15(11-16)12-23)27-9-7-17(8-10-27)32-21(30)6-5-20(28)29/h3-4,11,13,17H,5-10H2,1-2H3,(H,25,31)(H,28,29). The maximum atomic E-state index is 12.5. The molecule has 10 nitrogen and oxygen atoms in total. The summed E-state index contributed by atoms with van der Waals surface area (Å²) in [4.78, 5) is 36.8. The number of benzene rings is 1. The van der Waals surface area contributed by atoms with Crippen LogP contribution in [0.15, 0.2) is 24.4 Å². The third-order valence-corrected chi connectivity index (χ3v) is 5.48. The summed E-state index contributed by atoms with van der Waals surface area (Å²) in [6, 6.07) is 7.36. The van der Waals surface area contributed by atoms with E-state index in [1.807, 2.05) is 4.90 Å². The number of anilines is 2. The number of hydrogen-bond donors (Lipinski definition) is 2. The van der Waals surface area contributed by atoms with Gasteiger partial charge >= 0.3 is 11.9 Å². The summed E-state index contributed by atoms with van der Waals surface area (Å²) >= 11 is 0. The monoisotopic (exact) mass is 439 g/mol. The number of amides is 1. The molecule has 0 atom stereocenters. The molecule has 168 valence electrons. The predicted octanol–water partition coefficient (Wildman–Crippen LogP) is 2.23. The van der Waals surface area contributed by atoms with E-state index in [-0.39, 0.29) is 24.9 Å². The number of piperidine rings is 1. The van der Waals surface area contributed by atoms with E-state index in [1.165, 1.54) is 6.20 Å². The lowest BCUT2D eigenvalue weighted by Gasteiger charge is -2.33. The van der Waals surface area contributed by atoms with Gasteiger partial charge in [0.25, 0.3) is 5.91 Å². The Morgan fingerprint density at radius 2 is 2.00 bits per heavy atom. The number of carboxylic acid groups (broad SMARTS) is 1. The Labute approximate surface area is 185 Å². The maximum Gasteiger partial charge on any atom is 0.306 e. The quantitative estimate of drug-likeness (QED) is 0.627. The summed E-state index contributed by atoms with van der Waals surface area (Å²) in [5, 5.41) is 25.2. The van der Waals surface area contributed by atoms with Crippen LogP contribution in [0.4, 0.5) is 11.4 Å². The van der Waals surface area contributed by atoms with Gasteiger partial charge in [-0.25, -0.2) is 0 Å². The van der Waals surface area contributed by atoms with Crippen LogP contribution in [-0.2, 0) is 21.4 Å². The number of nitrogens with one attached hydrogen (secondary N) is 1. The fourth-order valence-electron chi connectivity index (χ4n) is 3.57. The number of hydrogen-bond acceptors (Lipinski definition) is 7. The molecule has 0 bridgehead atoms. The van der Waals surface area contributed by atoms with Gasteiger partial charge in [0.15, 0.2) is 0 Å². The van der Waals surface area contributed by atoms with Crippen LogP contribution in [0, 0.1) is 18.3 Å². The van der Waals surface area contributed by atoms with Gasteiger partial charge in [-0.3, -0.25) is 19.1 Å². The number of nitrogens with zero attached hydrogens (tertiary/aromatic N) is 4. The fraction of sp³-hybridized carbons (Fsp3) is 0.409. The molecule has 10 heteroatoms. The topological polar surface area (TPSA) is 138 Å². The highest BCUT2D eigenvalue weighted by Gasteiger charge is 2.24. The minimum atomic E-state index is -1.03. The molecular weight excluding hydrogens is 414 g/mol. The molecule has 3 rings (SSSR count). The first-order valence-corrected chi connectivity index (χ1v) is 10.3. The molecule has 1 aromatic carbocycles. The number of carbonyl (C=O) groups is 3. The highest BCUT2D eigenvalue weighted by molar-refractivity contribution is 6.05. The van der Waals surface area contributed by atoms with Crippen molar-refractivity contribution in [2.24, 2.45) is 7.05 Å². The van der Waals surface area contributed by atoms with Gasteiger partial charge < -0.3 is 20.1 Å². The molecule has 1 amide bonds. The SMILES string of the molecule is Cc1c(C(=O)Nc2ccc(N3CCC(OC(=O)CCC(=O)O)CC3)c(C#N)c2)cnn1C. The van der Waals surface area contributed by atoms with Crippen LogP contribution in [0.5, 0.6) is 0 Å². The van der Waals surface area contributed by atoms with E-state index in [0.29, 0.717) is 42.7 Å². The first-order valence-electron chi connectivity index (χ1n) is 10.3. The van der Waals surface area contributed by atoms with Crippen LogP contribution in [0.2, 0.25) is 0 Å². The third kappa shape index (κ3) is 5.43. The molecule has 1 aliphatic rings. The van der Waals surface area contributed by atoms with Crippen LogP contribution >= 0.6 is 0 Å². The number of ether oxygens (including phenoxy) is 1. The summed E-state index contributed by atoms with van der Waals surface area (Å²) in [5.41, 5.74) is 2.91. The van der Waals surface area contributed by atoms with E-state index in [0.717, 1.165) is 11.4 Å². The van der Waals surface area contributed by atoms with Crippen molar-refractivity contribution >= 4 is 29.2 Å². The van der Waals surface area contributed by atoms with Gasteiger partial charge in [-0.05, 0) is 25.1 Å². The lowest BCUT2D eigenvalue weighted by Crippen LogP contribution is -2.38. The first-order chi connectivity index (χ1) is 15.3. The van der Waals surface area contributed by atoms with Crippen molar-refractivity contribution in [3.05, 3.63) is 41.2 Å². The molecule has 0 aliphatic carbocycles. The lowest BCUT2D eigenvalue weighted by molar-refractivity contribution is -0.152. The molecule has 2 N–H and O–H groups in total. The Bertz CT molecular complexity index is 1060. The van der Waals surface area contributed by atoms with Crippen LogP contribution in [0.3, 0.4) is 0 Å². The summed E-state index contributed by atoms with van der Waals surface area (Å²) in [6.07, 6.45) is 2.03. The molecule has 2 aromatic rings. The van der Waals surface area contributed by atoms with Crippen LogP contribution in [0.25, 0.3) is 0 Å². The molecular formula is C22H25N5O5. The van der Waals surface area contributed by atoms with E-state index in [2.05, 4.69) is 16.5 Å². The van der Waals surface area contributed by atoms with Gasteiger partial charge in [0.2, 0.25) is 0 Å². The maximum absolute atomic E-state index is 12.5. The van der Waals surface area contributed by atoms with Gasteiger partial charge in [0, 0.05) is 44.4 Å². The van der Waals surface area contributed by atoms with Crippen molar-refractivity contribution in [2.45, 2.75) is 38.7 Å². The Hall–Kier alpha value is -3.87. The van der Waals surface area contributed by atoms with Crippen molar-refractivity contribution < 1.29 is 24.2 Å². The van der Waals surface area contributed by atoms with Crippen molar-refractivity contribution in [1.29, 1.82) is 5.26 Å². The third-order valence-electron chi connectivity index (χ3n) is 5.48. The zero-order valence-electron chi connectivity index (χ0n) is 18.0. The molecule has 0 spiro atoms. The van der Waals surface area contributed by atoms with Crippen LogP contribution < -0.4 is 10.2 Å². The zero-order valence-corrected chi connectivity index (χ0v) is 18.0. The lowest BCUT2D eigenvalue weighted by atomic mass is 10.0. The second-order valence-corrected chi connectivity index (χ2v) is 7.64. The number of esters is 1. The first kappa shape index (κ1) is 22.8. The summed E-state index contributed by atoms with van der Waals surface area (Å²) in [7, 11) is 1.76. The van der Waals surface area contributed by atoms with E-state index in [1.54, 1.807) is 36.9 Å².